The number of amides is 1. The average molecular weight is 406 g/mol. The van der Waals surface area contributed by atoms with E-state index in [9.17, 15) is 9.18 Å². The van der Waals surface area contributed by atoms with Gasteiger partial charge in [-0.25, -0.2) is 4.39 Å². The lowest BCUT2D eigenvalue weighted by atomic mass is 9.85. The van der Waals surface area contributed by atoms with Crippen LogP contribution in [0.4, 0.5) is 4.39 Å². The lowest BCUT2D eigenvalue weighted by Gasteiger charge is -2.39. The lowest BCUT2D eigenvalue weighted by Crippen LogP contribution is -2.49. The zero-order valence-electron chi connectivity index (χ0n) is 14.7. The fraction of sp³-hybridized carbons (Fsp3) is 0.300. The highest BCUT2D eigenvalue weighted by atomic mass is 35.5. The molecule has 0 aliphatic carbocycles. The third-order valence-corrected chi connectivity index (χ3v) is 5.70. The van der Waals surface area contributed by atoms with Crippen molar-refractivity contribution in [1.82, 2.24) is 10.2 Å². The molecule has 3 rings (SSSR count). The van der Waals surface area contributed by atoms with E-state index < -0.39 is 11.7 Å². The molecule has 1 saturated heterocycles. The van der Waals surface area contributed by atoms with Crippen LogP contribution in [0.3, 0.4) is 0 Å². The lowest BCUT2D eigenvalue weighted by molar-refractivity contribution is 0.0674. The number of hydrogen-bond donors (Lipinski definition) is 1. The van der Waals surface area contributed by atoms with E-state index in [1.165, 1.54) is 12.1 Å². The van der Waals surface area contributed by atoms with Crippen molar-refractivity contribution in [3.8, 4) is 6.07 Å². The van der Waals surface area contributed by atoms with Crippen LogP contribution >= 0.6 is 23.2 Å². The quantitative estimate of drug-likeness (QED) is 0.831. The van der Waals surface area contributed by atoms with Gasteiger partial charge in [-0.15, -0.1) is 0 Å². The van der Waals surface area contributed by atoms with Crippen molar-refractivity contribution in [2.24, 2.45) is 0 Å². The molecular weight excluding hydrogens is 388 g/mol. The standard InChI is InChI=1S/C20H18Cl2FN3O/c1-26(20(27)14-4-2-12(10-24)8-18(14)23)19-6-7-25-11-15(19)13-3-5-16(21)17(22)9-13/h2-5,8-9,15,19,25H,6-7,11H2,1H3. The number of halogens is 3. The highest BCUT2D eigenvalue weighted by Gasteiger charge is 2.33. The van der Waals surface area contributed by atoms with Crippen LogP contribution in [0.2, 0.25) is 10.0 Å². The van der Waals surface area contributed by atoms with Gasteiger partial charge in [0.25, 0.3) is 5.91 Å². The van der Waals surface area contributed by atoms with Crippen LogP contribution in [0.25, 0.3) is 0 Å². The second kappa shape index (κ2) is 8.26. The zero-order valence-corrected chi connectivity index (χ0v) is 16.2. The fourth-order valence-corrected chi connectivity index (χ4v) is 3.80. The number of nitrogens with one attached hydrogen (secondary N) is 1. The summed E-state index contributed by atoms with van der Waals surface area (Å²) < 4.78 is 14.3. The Morgan fingerprint density at radius 3 is 2.70 bits per heavy atom. The van der Waals surface area contributed by atoms with E-state index in [1.54, 1.807) is 18.0 Å². The van der Waals surface area contributed by atoms with Gasteiger partial charge in [0.15, 0.2) is 0 Å². The minimum atomic E-state index is -0.689. The minimum absolute atomic E-state index is 0.00362. The predicted molar refractivity (Wildman–Crippen MR) is 104 cm³/mol. The number of piperidine rings is 1. The molecule has 0 aromatic heterocycles. The second-order valence-electron chi connectivity index (χ2n) is 6.56. The van der Waals surface area contributed by atoms with E-state index in [4.69, 9.17) is 28.5 Å². The van der Waals surface area contributed by atoms with Gasteiger partial charge in [0.05, 0.1) is 27.2 Å². The molecule has 140 valence electrons. The van der Waals surface area contributed by atoms with Gasteiger partial charge in [-0.05, 0) is 48.9 Å². The van der Waals surface area contributed by atoms with Crippen LogP contribution < -0.4 is 5.32 Å². The Kier molecular flexibility index (Phi) is 6.01. The molecule has 2 unspecified atom stereocenters. The summed E-state index contributed by atoms with van der Waals surface area (Å²) >= 11 is 12.2. The van der Waals surface area contributed by atoms with Crippen LogP contribution in [0.1, 0.15) is 33.8 Å². The van der Waals surface area contributed by atoms with Gasteiger partial charge in [-0.2, -0.15) is 5.26 Å². The molecular formula is C20H18Cl2FN3O. The Morgan fingerprint density at radius 2 is 2.04 bits per heavy atom. The number of hydrogen-bond acceptors (Lipinski definition) is 3. The van der Waals surface area contributed by atoms with E-state index >= 15 is 0 Å². The van der Waals surface area contributed by atoms with E-state index in [-0.39, 0.29) is 23.1 Å². The molecule has 0 bridgehead atoms. The zero-order chi connectivity index (χ0) is 19.6. The second-order valence-corrected chi connectivity index (χ2v) is 7.38. The largest absolute Gasteiger partial charge is 0.338 e. The van der Waals surface area contributed by atoms with Crippen molar-refractivity contribution in [3.05, 3.63) is 69.0 Å². The molecule has 2 aromatic carbocycles. The number of nitrogens with zero attached hydrogens (tertiary/aromatic N) is 2. The SMILES string of the molecule is CN(C(=O)c1ccc(C#N)cc1F)C1CCNCC1c1ccc(Cl)c(Cl)c1. The summed E-state index contributed by atoms with van der Waals surface area (Å²) in [4.78, 5) is 14.5. The molecule has 1 aliphatic heterocycles. The van der Waals surface area contributed by atoms with Gasteiger partial charge in [0, 0.05) is 25.6 Å². The smallest absolute Gasteiger partial charge is 0.256 e. The van der Waals surface area contributed by atoms with E-state index in [1.807, 2.05) is 18.2 Å². The molecule has 0 radical (unpaired) electrons. The topological polar surface area (TPSA) is 56.1 Å². The molecule has 1 amide bonds. The van der Waals surface area contributed by atoms with Gasteiger partial charge in [-0.1, -0.05) is 29.3 Å². The van der Waals surface area contributed by atoms with Crippen molar-refractivity contribution < 1.29 is 9.18 Å². The number of carbonyl (C=O) groups excluding carboxylic acids is 1. The van der Waals surface area contributed by atoms with Crippen molar-refractivity contribution in [2.45, 2.75) is 18.4 Å². The Bertz CT molecular complexity index is 913. The summed E-state index contributed by atoms with van der Waals surface area (Å²) in [6.45, 7) is 1.44. The van der Waals surface area contributed by atoms with Crippen LogP contribution in [-0.2, 0) is 0 Å². The van der Waals surface area contributed by atoms with Gasteiger partial charge in [0.2, 0.25) is 0 Å². The van der Waals surface area contributed by atoms with Crippen LogP contribution in [-0.4, -0.2) is 37.0 Å². The molecule has 7 heteroatoms. The monoisotopic (exact) mass is 405 g/mol. The maximum Gasteiger partial charge on any atom is 0.256 e. The number of likely N-dealkylation sites (N-methyl/N-ethyl adjacent to an activating group) is 1. The first-order valence-corrected chi connectivity index (χ1v) is 9.30. The first-order chi connectivity index (χ1) is 12.9. The van der Waals surface area contributed by atoms with E-state index in [0.29, 0.717) is 16.6 Å². The highest BCUT2D eigenvalue weighted by molar-refractivity contribution is 6.42. The number of rotatable bonds is 3. The fourth-order valence-electron chi connectivity index (χ4n) is 3.49. The predicted octanol–water partition coefficient (Wildman–Crippen LogP) is 4.22. The minimum Gasteiger partial charge on any atom is -0.338 e. The Hall–Kier alpha value is -2.13. The van der Waals surface area contributed by atoms with Crippen LogP contribution in [0.15, 0.2) is 36.4 Å². The summed E-state index contributed by atoms with van der Waals surface area (Å²) in [6.07, 6.45) is 0.727. The summed E-state index contributed by atoms with van der Waals surface area (Å²) in [5.41, 5.74) is 1.12. The Morgan fingerprint density at radius 1 is 1.26 bits per heavy atom. The van der Waals surface area contributed by atoms with E-state index in [0.717, 1.165) is 24.6 Å². The Balaban J connectivity index is 1.88. The van der Waals surface area contributed by atoms with Crippen molar-refractivity contribution >= 4 is 29.1 Å². The molecule has 1 fully saturated rings. The summed E-state index contributed by atoms with van der Waals surface area (Å²) in [6, 6.07) is 11.1. The molecule has 4 nitrogen and oxygen atoms in total. The first-order valence-electron chi connectivity index (χ1n) is 8.55. The van der Waals surface area contributed by atoms with Gasteiger partial charge in [-0.3, -0.25) is 4.79 Å². The van der Waals surface area contributed by atoms with E-state index in [2.05, 4.69) is 5.32 Å². The van der Waals surface area contributed by atoms with Crippen LogP contribution in [0, 0.1) is 17.1 Å². The molecule has 27 heavy (non-hydrogen) atoms. The van der Waals surface area contributed by atoms with Crippen LogP contribution in [0.5, 0.6) is 0 Å². The third kappa shape index (κ3) is 4.08. The molecule has 0 saturated carbocycles. The average Bonchev–Trinajstić information content (AvgIpc) is 2.69. The molecule has 2 atom stereocenters. The molecule has 1 heterocycles. The third-order valence-electron chi connectivity index (χ3n) is 4.96. The maximum absolute atomic E-state index is 14.3. The molecule has 1 aliphatic rings. The van der Waals surface area contributed by atoms with Gasteiger partial charge in [0.1, 0.15) is 5.82 Å². The number of benzene rings is 2. The molecule has 2 aromatic rings. The van der Waals surface area contributed by atoms with Crippen molar-refractivity contribution in [3.63, 3.8) is 0 Å². The normalized spacial score (nSPS) is 19.4. The molecule has 1 N–H and O–H groups in total. The number of nitriles is 1. The summed E-state index contributed by atoms with van der Waals surface area (Å²) in [5, 5.41) is 13.1. The summed E-state index contributed by atoms with van der Waals surface area (Å²) in [7, 11) is 1.68. The van der Waals surface area contributed by atoms with Crippen molar-refractivity contribution in [1.29, 1.82) is 5.26 Å². The maximum atomic E-state index is 14.3. The summed E-state index contributed by atoms with van der Waals surface area (Å²) in [5.74, 6) is -1.09. The first kappa shape index (κ1) is 19.6. The van der Waals surface area contributed by atoms with Gasteiger partial charge >= 0.3 is 0 Å². The molecule has 0 spiro atoms. The number of carbonyl (C=O) groups is 1. The highest BCUT2D eigenvalue weighted by Crippen LogP contribution is 2.32. The Labute approximate surface area is 167 Å². The van der Waals surface area contributed by atoms with Crippen molar-refractivity contribution in [2.75, 3.05) is 20.1 Å². The van der Waals surface area contributed by atoms with Gasteiger partial charge < -0.3 is 10.2 Å².